The molecule has 0 spiro atoms. The molecule has 7 nitrogen and oxygen atoms in total. The molecule has 0 aliphatic carbocycles. The van der Waals surface area contributed by atoms with Crippen LogP contribution in [0.5, 0.6) is 11.5 Å². The van der Waals surface area contributed by atoms with E-state index in [0.717, 1.165) is 0 Å². The van der Waals surface area contributed by atoms with Crippen molar-refractivity contribution in [2.75, 3.05) is 12.1 Å². The number of sulfonamides is 1. The summed E-state index contributed by atoms with van der Waals surface area (Å²) in [5.41, 5.74) is 1.46. The monoisotopic (exact) mass is 334 g/mol. The molecule has 0 saturated heterocycles. The number of nitrogens with one attached hydrogen (secondary N) is 1. The first-order chi connectivity index (χ1) is 10.8. The van der Waals surface area contributed by atoms with E-state index >= 15 is 0 Å². The summed E-state index contributed by atoms with van der Waals surface area (Å²) < 4.78 is 33.2. The number of amides is 1. The zero-order chi connectivity index (χ0) is 16.6. The van der Waals surface area contributed by atoms with Crippen molar-refractivity contribution in [3.63, 3.8) is 0 Å². The van der Waals surface area contributed by atoms with E-state index < -0.39 is 15.9 Å². The number of carbonyl (C=O) groups is 1. The summed E-state index contributed by atoms with van der Waals surface area (Å²) in [7, 11) is -3.84. The first-order valence-corrected chi connectivity index (χ1v) is 8.24. The summed E-state index contributed by atoms with van der Waals surface area (Å²) in [6.07, 6.45) is 0. The number of benzene rings is 2. The smallest absolute Gasteiger partial charge is 0.255 e. The molecule has 0 aromatic heterocycles. The van der Waals surface area contributed by atoms with Crippen LogP contribution in [0.25, 0.3) is 0 Å². The van der Waals surface area contributed by atoms with Gasteiger partial charge < -0.3 is 14.8 Å². The number of ether oxygens (including phenoxy) is 2. The lowest BCUT2D eigenvalue weighted by molar-refractivity contribution is 0.102. The zero-order valence-corrected chi connectivity index (χ0v) is 13.0. The minimum Gasteiger partial charge on any atom is -0.454 e. The van der Waals surface area contributed by atoms with Crippen molar-refractivity contribution < 1.29 is 22.7 Å². The van der Waals surface area contributed by atoms with Gasteiger partial charge in [-0.15, -0.1) is 0 Å². The van der Waals surface area contributed by atoms with Gasteiger partial charge in [0.1, 0.15) is 0 Å². The van der Waals surface area contributed by atoms with E-state index in [0.29, 0.717) is 28.3 Å². The maximum absolute atomic E-state index is 12.3. The number of hydrogen-bond donors (Lipinski definition) is 2. The van der Waals surface area contributed by atoms with E-state index in [4.69, 9.17) is 14.6 Å². The molecule has 1 aliphatic rings. The summed E-state index contributed by atoms with van der Waals surface area (Å²) in [5.74, 6) is 0.680. The average molecular weight is 334 g/mol. The summed E-state index contributed by atoms with van der Waals surface area (Å²) in [5, 5.41) is 7.78. The summed E-state index contributed by atoms with van der Waals surface area (Å²) in [6.45, 7) is 1.87. The first-order valence-electron chi connectivity index (χ1n) is 6.69. The first kappa shape index (κ1) is 15.3. The number of fused-ring (bicyclic) bond motifs is 1. The maximum Gasteiger partial charge on any atom is 0.255 e. The lowest BCUT2D eigenvalue weighted by atomic mass is 10.1. The minimum atomic E-state index is -3.84. The molecule has 0 radical (unpaired) electrons. The molecule has 23 heavy (non-hydrogen) atoms. The Bertz CT molecular complexity index is 893. The van der Waals surface area contributed by atoms with Crippen LogP contribution in [0, 0.1) is 6.92 Å². The highest BCUT2D eigenvalue weighted by Gasteiger charge is 2.17. The van der Waals surface area contributed by atoms with Gasteiger partial charge in [-0.2, -0.15) is 0 Å². The van der Waals surface area contributed by atoms with Gasteiger partial charge in [-0.3, -0.25) is 4.79 Å². The molecule has 0 atom stereocenters. The summed E-state index contributed by atoms with van der Waals surface area (Å²) >= 11 is 0. The van der Waals surface area contributed by atoms with E-state index in [9.17, 15) is 13.2 Å². The highest BCUT2D eigenvalue weighted by Crippen LogP contribution is 2.32. The molecule has 0 saturated carbocycles. The Morgan fingerprint density at radius 1 is 1.13 bits per heavy atom. The molecule has 0 bridgehead atoms. The number of hydrogen-bond acceptors (Lipinski definition) is 5. The molecule has 0 fully saturated rings. The molecular formula is C15H14N2O5S. The third-order valence-corrected chi connectivity index (χ3v) is 4.33. The van der Waals surface area contributed by atoms with Crippen molar-refractivity contribution in [3.8, 4) is 11.5 Å². The molecular weight excluding hydrogens is 320 g/mol. The Kier molecular flexibility index (Phi) is 3.70. The molecule has 2 aromatic carbocycles. The van der Waals surface area contributed by atoms with Gasteiger partial charge in [0.2, 0.25) is 16.8 Å². The Hall–Kier alpha value is -2.58. The zero-order valence-electron chi connectivity index (χ0n) is 12.2. The van der Waals surface area contributed by atoms with Gasteiger partial charge in [0.05, 0.1) is 4.90 Å². The number of nitrogens with two attached hydrogens (primary N) is 1. The van der Waals surface area contributed by atoms with E-state index in [1.165, 1.54) is 12.1 Å². The van der Waals surface area contributed by atoms with Gasteiger partial charge in [-0.25, -0.2) is 13.6 Å². The van der Waals surface area contributed by atoms with Gasteiger partial charge in [0.25, 0.3) is 5.91 Å². The maximum atomic E-state index is 12.3. The van der Waals surface area contributed by atoms with Crippen LogP contribution in [0.3, 0.4) is 0 Å². The second-order valence-corrected chi connectivity index (χ2v) is 6.61. The highest BCUT2D eigenvalue weighted by molar-refractivity contribution is 7.89. The molecule has 1 aliphatic heterocycles. The fraction of sp³-hybridized carbons (Fsp3) is 0.133. The van der Waals surface area contributed by atoms with Crippen LogP contribution >= 0.6 is 0 Å². The topological polar surface area (TPSA) is 108 Å². The summed E-state index contributed by atoms with van der Waals surface area (Å²) in [6, 6.07) is 9.11. The lowest BCUT2D eigenvalue weighted by Crippen LogP contribution is -2.15. The van der Waals surface area contributed by atoms with Gasteiger partial charge in [0.15, 0.2) is 11.5 Å². The highest BCUT2D eigenvalue weighted by atomic mass is 32.2. The molecule has 3 N–H and O–H groups in total. The Balaban J connectivity index is 1.88. The number of aryl methyl sites for hydroxylation is 1. The number of rotatable bonds is 3. The van der Waals surface area contributed by atoms with E-state index in [1.54, 1.807) is 31.2 Å². The van der Waals surface area contributed by atoms with Crippen LogP contribution in [0.15, 0.2) is 41.3 Å². The average Bonchev–Trinajstić information content (AvgIpc) is 2.95. The Morgan fingerprint density at radius 3 is 2.61 bits per heavy atom. The SMILES string of the molecule is Cc1ccc(S(N)(=O)=O)cc1NC(=O)c1ccc2c(c1)OCO2. The van der Waals surface area contributed by atoms with Crippen molar-refractivity contribution in [2.24, 2.45) is 5.14 Å². The standard InChI is InChI=1S/C15H14N2O5S/c1-9-2-4-11(23(16,19)20)7-12(9)17-15(18)10-3-5-13-14(6-10)22-8-21-13/h2-7H,8H2,1H3,(H,17,18)(H2,16,19,20). The van der Waals surface area contributed by atoms with Crippen molar-refractivity contribution in [1.29, 1.82) is 0 Å². The minimum absolute atomic E-state index is 0.0657. The second kappa shape index (κ2) is 5.56. The molecule has 3 rings (SSSR count). The van der Waals surface area contributed by atoms with E-state index in [-0.39, 0.29) is 11.7 Å². The predicted octanol–water partition coefficient (Wildman–Crippen LogP) is 1.62. The number of primary sulfonamides is 1. The third-order valence-electron chi connectivity index (χ3n) is 3.42. The van der Waals surface area contributed by atoms with Crippen molar-refractivity contribution in [3.05, 3.63) is 47.5 Å². The van der Waals surface area contributed by atoms with Crippen LogP contribution in [0.2, 0.25) is 0 Å². The molecule has 8 heteroatoms. The van der Waals surface area contributed by atoms with Crippen molar-refractivity contribution >= 4 is 21.6 Å². The van der Waals surface area contributed by atoms with Crippen molar-refractivity contribution in [1.82, 2.24) is 0 Å². The molecule has 120 valence electrons. The normalized spacial score (nSPS) is 13.0. The third kappa shape index (κ3) is 3.13. The van der Waals surface area contributed by atoms with Gasteiger partial charge >= 0.3 is 0 Å². The second-order valence-electron chi connectivity index (χ2n) is 5.04. The lowest BCUT2D eigenvalue weighted by Gasteiger charge is -2.10. The molecule has 1 heterocycles. The molecule has 2 aromatic rings. The number of anilines is 1. The predicted molar refractivity (Wildman–Crippen MR) is 83.1 cm³/mol. The van der Waals surface area contributed by atoms with Crippen LogP contribution < -0.4 is 19.9 Å². The largest absolute Gasteiger partial charge is 0.454 e. The Morgan fingerprint density at radius 2 is 1.87 bits per heavy atom. The van der Waals surface area contributed by atoms with Gasteiger partial charge in [-0.05, 0) is 42.8 Å². The molecule has 0 unspecified atom stereocenters. The van der Waals surface area contributed by atoms with Crippen LogP contribution in [0.4, 0.5) is 5.69 Å². The van der Waals surface area contributed by atoms with Gasteiger partial charge in [0, 0.05) is 11.3 Å². The number of carbonyl (C=O) groups excluding carboxylic acids is 1. The van der Waals surface area contributed by atoms with Crippen LogP contribution in [-0.2, 0) is 10.0 Å². The van der Waals surface area contributed by atoms with Crippen LogP contribution in [0.1, 0.15) is 15.9 Å². The van der Waals surface area contributed by atoms with E-state index in [1.807, 2.05) is 0 Å². The van der Waals surface area contributed by atoms with Gasteiger partial charge in [-0.1, -0.05) is 6.07 Å². The summed E-state index contributed by atoms with van der Waals surface area (Å²) in [4.78, 5) is 12.3. The fourth-order valence-corrected chi connectivity index (χ4v) is 2.68. The van der Waals surface area contributed by atoms with E-state index in [2.05, 4.69) is 5.32 Å². The van der Waals surface area contributed by atoms with Crippen molar-refractivity contribution in [2.45, 2.75) is 11.8 Å². The fourth-order valence-electron chi connectivity index (χ4n) is 2.15. The van der Waals surface area contributed by atoms with Crippen LogP contribution in [-0.4, -0.2) is 21.1 Å². The molecule has 1 amide bonds. The Labute approximate surface area is 133 Å². The quantitative estimate of drug-likeness (QED) is 0.887.